The smallest absolute Gasteiger partial charge is 0.333 e. The molecule has 0 bridgehead atoms. The Morgan fingerprint density at radius 2 is 1.81 bits per heavy atom. The maximum atomic E-state index is 14.0. The van der Waals surface area contributed by atoms with Crippen LogP contribution in [0, 0.1) is 18.7 Å². The van der Waals surface area contributed by atoms with Gasteiger partial charge >= 0.3 is 5.97 Å². The van der Waals surface area contributed by atoms with E-state index in [2.05, 4.69) is 6.58 Å². The van der Waals surface area contributed by atoms with Crippen LogP contribution in [-0.2, 0) is 25.6 Å². The molecule has 1 aliphatic heterocycles. The number of benzene rings is 2. The summed E-state index contributed by atoms with van der Waals surface area (Å²) in [6.45, 7) is 12.2. The van der Waals surface area contributed by atoms with Gasteiger partial charge in [0.2, 0.25) is 0 Å². The topological polar surface area (TPSA) is 54.0 Å². The van der Waals surface area contributed by atoms with Crippen molar-refractivity contribution < 1.29 is 28.1 Å². The van der Waals surface area contributed by atoms with Gasteiger partial charge in [0, 0.05) is 17.1 Å². The second kappa shape index (κ2) is 9.62. The Kier molecular flexibility index (Phi) is 7.13. The molecule has 0 aliphatic carbocycles. The van der Waals surface area contributed by atoms with Crippen molar-refractivity contribution in [3.05, 3.63) is 65.5 Å². The largest absolute Gasteiger partial charge is 0.493 e. The Hall–Kier alpha value is -2.70. The standard InChI is InChI=1S/C25H29FO5/c1-16(2)24(27)29-15-21-10-19(20-7-6-17(3)22(26)11-20)8-9-23(21)28-12-18-13-30-25(4,5)31-14-18/h6-11,18H,1,12-15H2,2-5H3. The molecule has 166 valence electrons. The molecule has 3 rings (SSSR count). The third kappa shape index (κ3) is 6.15. The number of carbonyl (C=O) groups is 1. The molecule has 0 radical (unpaired) electrons. The van der Waals surface area contributed by atoms with Crippen LogP contribution in [0.3, 0.4) is 0 Å². The Morgan fingerprint density at radius 3 is 2.45 bits per heavy atom. The minimum absolute atomic E-state index is 0.0217. The van der Waals surface area contributed by atoms with Crippen molar-refractivity contribution in [2.24, 2.45) is 5.92 Å². The average Bonchev–Trinajstić information content (AvgIpc) is 2.73. The van der Waals surface area contributed by atoms with E-state index in [0.29, 0.717) is 42.3 Å². The number of hydrogen-bond acceptors (Lipinski definition) is 5. The number of esters is 1. The second-order valence-corrected chi connectivity index (χ2v) is 8.34. The summed E-state index contributed by atoms with van der Waals surface area (Å²) in [6.07, 6.45) is 0. The summed E-state index contributed by atoms with van der Waals surface area (Å²) >= 11 is 0. The van der Waals surface area contributed by atoms with E-state index in [0.717, 1.165) is 11.1 Å². The first-order valence-corrected chi connectivity index (χ1v) is 10.3. The number of hydrogen-bond donors (Lipinski definition) is 0. The van der Waals surface area contributed by atoms with Crippen LogP contribution in [-0.4, -0.2) is 31.6 Å². The van der Waals surface area contributed by atoms with Crippen molar-refractivity contribution in [1.29, 1.82) is 0 Å². The lowest BCUT2D eigenvalue weighted by molar-refractivity contribution is -0.264. The number of halogens is 1. The highest BCUT2D eigenvalue weighted by Gasteiger charge is 2.28. The maximum absolute atomic E-state index is 14.0. The lowest BCUT2D eigenvalue weighted by Gasteiger charge is -2.34. The van der Waals surface area contributed by atoms with Crippen molar-refractivity contribution in [1.82, 2.24) is 0 Å². The maximum Gasteiger partial charge on any atom is 0.333 e. The van der Waals surface area contributed by atoms with Gasteiger partial charge in [0.25, 0.3) is 0 Å². The number of carbonyl (C=O) groups excluding carboxylic acids is 1. The van der Waals surface area contributed by atoms with Gasteiger partial charge in [-0.15, -0.1) is 0 Å². The molecule has 5 nitrogen and oxygen atoms in total. The number of rotatable bonds is 7. The highest BCUT2D eigenvalue weighted by molar-refractivity contribution is 5.87. The first kappa shape index (κ1) is 23.0. The van der Waals surface area contributed by atoms with E-state index in [1.807, 2.05) is 38.1 Å². The lowest BCUT2D eigenvalue weighted by atomic mass is 10.0. The van der Waals surface area contributed by atoms with Crippen LogP contribution < -0.4 is 4.74 Å². The van der Waals surface area contributed by atoms with Crippen LogP contribution in [0.5, 0.6) is 5.75 Å². The summed E-state index contributed by atoms with van der Waals surface area (Å²) in [4.78, 5) is 11.9. The molecule has 1 fully saturated rings. The molecule has 0 amide bonds. The fraction of sp³-hybridized carbons (Fsp3) is 0.400. The van der Waals surface area contributed by atoms with Gasteiger partial charge < -0.3 is 18.9 Å². The summed E-state index contributed by atoms with van der Waals surface area (Å²) < 4.78 is 36.8. The highest BCUT2D eigenvalue weighted by atomic mass is 19.1. The van der Waals surface area contributed by atoms with Crippen LogP contribution in [0.2, 0.25) is 0 Å². The van der Waals surface area contributed by atoms with Crippen LogP contribution in [0.15, 0.2) is 48.6 Å². The molecule has 2 aromatic rings. The molecule has 6 heteroatoms. The van der Waals surface area contributed by atoms with E-state index in [1.165, 1.54) is 6.07 Å². The minimum Gasteiger partial charge on any atom is -0.493 e. The van der Waals surface area contributed by atoms with Gasteiger partial charge in [0.05, 0.1) is 19.8 Å². The molecular weight excluding hydrogens is 399 g/mol. The van der Waals surface area contributed by atoms with Crippen molar-refractivity contribution >= 4 is 5.97 Å². The predicted molar refractivity (Wildman–Crippen MR) is 116 cm³/mol. The molecule has 0 saturated carbocycles. The Bertz CT molecular complexity index is 956. The molecular formula is C25H29FO5. The summed E-state index contributed by atoms with van der Waals surface area (Å²) in [7, 11) is 0. The molecule has 1 saturated heterocycles. The van der Waals surface area contributed by atoms with E-state index in [-0.39, 0.29) is 18.3 Å². The Balaban J connectivity index is 1.78. The molecule has 31 heavy (non-hydrogen) atoms. The van der Waals surface area contributed by atoms with Gasteiger partial charge in [-0.3, -0.25) is 0 Å². The van der Waals surface area contributed by atoms with Gasteiger partial charge in [0.15, 0.2) is 5.79 Å². The molecule has 2 aromatic carbocycles. The fourth-order valence-electron chi connectivity index (χ4n) is 3.08. The second-order valence-electron chi connectivity index (χ2n) is 8.34. The number of aryl methyl sites for hydroxylation is 1. The highest BCUT2D eigenvalue weighted by Crippen LogP contribution is 2.30. The normalized spacial score (nSPS) is 16.0. The minimum atomic E-state index is -0.580. The van der Waals surface area contributed by atoms with Gasteiger partial charge in [0.1, 0.15) is 18.2 Å². The molecule has 0 atom stereocenters. The van der Waals surface area contributed by atoms with Crippen LogP contribution in [0.25, 0.3) is 11.1 Å². The summed E-state index contributed by atoms with van der Waals surface area (Å²) in [5, 5.41) is 0. The van der Waals surface area contributed by atoms with E-state index >= 15 is 0 Å². The zero-order valence-corrected chi connectivity index (χ0v) is 18.5. The van der Waals surface area contributed by atoms with Crippen LogP contribution in [0.4, 0.5) is 4.39 Å². The summed E-state index contributed by atoms with van der Waals surface area (Å²) in [6, 6.07) is 10.6. The van der Waals surface area contributed by atoms with Crippen molar-refractivity contribution in [2.45, 2.75) is 40.1 Å². The van der Waals surface area contributed by atoms with E-state index in [4.69, 9.17) is 18.9 Å². The predicted octanol–water partition coefficient (Wildman–Crippen LogP) is 5.20. The first-order valence-electron chi connectivity index (χ1n) is 10.3. The zero-order valence-electron chi connectivity index (χ0n) is 18.5. The molecule has 0 spiro atoms. The van der Waals surface area contributed by atoms with Crippen molar-refractivity contribution in [3.8, 4) is 16.9 Å². The SMILES string of the molecule is C=C(C)C(=O)OCc1cc(-c2ccc(C)c(F)c2)ccc1OCC1COC(C)(C)OC1. The first-order chi connectivity index (χ1) is 14.6. The van der Waals surface area contributed by atoms with Gasteiger partial charge in [-0.2, -0.15) is 0 Å². The molecule has 1 heterocycles. The van der Waals surface area contributed by atoms with Gasteiger partial charge in [-0.1, -0.05) is 24.8 Å². The third-order valence-corrected chi connectivity index (χ3v) is 5.08. The zero-order chi connectivity index (χ0) is 22.6. The van der Waals surface area contributed by atoms with E-state index in [1.54, 1.807) is 19.9 Å². The van der Waals surface area contributed by atoms with Gasteiger partial charge in [-0.25, -0.2) is 9.18 Å². The Labute approximate surface area is 182 Å². The summed E-state index contributed by atoms with van der Waals surface area (Å²) in [5.74, 6) is -0.647. The molecule has 1 aliphatic rings. The number of ether oxygens (including phenoxy) is 4. The lowest BCUT2D eigenvalue weighted by Crippen LogP contribution is -2.41. The fourth-order valence-corrected chi connectivity index (χ4v) is 3.08. The van der Waals surface area contributed by atoms with Crippen LogP contribution in [0.1, 0.15) is 31.9 Å². The van der Waals surface area contributed by atoms with Gasteiger partial charge in [-0.05, 0) is 62.6 Å². The molecule has 0 N–H and O–H groups in total. The monoisotopic (exact) mass is 428 g/mol. The quantitative estimate of drug-likeness (QED) is 0.448. The van der Waals surface area contributed by atoms with Crippen molar-refractivity contribution in [2.75, 3.05) is 19.8 Å². The molecule has 0 aromatic heterocycles. The van der Waals surface area contributed by atoms with E-state index in [9.17, 15) is 9.18 Å². The molecule has 0 unspecified atom stereocenters. The third-order valence-electron chi connectivity index (χ3n) is 5.08. The van der Waals surface area contributed by atoms with Crippen LogP contribution >= 0.6 is 0 Å². The van der Waals surface area contributed by atoms with E-state index < -0.39 is 11.8 Å². The average molecular weight is 429 g/mol. The summed E-state index contributed by atoms with van der Waals surface area (Å²) in [5.41, 5.74) is 3.13. The Morgan fingerprint density at radius 1 is 1.16 bits per heavy atom. The van der Waals surface area contributed by atoms with Crippen molar-refractivity contribution in [3.63, 3.8) is 0 Å².